The summed E-state index contributed by atoms with van der Waals surface area (Å²) in [7, 11) is 0. The van der Waals surface area contributed by atoms with Crippen molar-refractivity contribution >= 4 is 5.97 Å². The van der Waals surface area contributed by atoms with E-state index in [4.69, 9.17) is 4.74 Å². The van der Waals surface area contributed by atoms with E-state index in [9.17, 15) is 4.79 Å². The van der Waals surface area contributed by atoms with Crippen molar-refractivity contribution in [2.75, 3.05) is 0 Å². The monoisotopic (exact) mass is 232 g/mol. The average Bonchev–Trinajstić information content (AvgIpc) is 2.32. The Balaban J connectivity index is 2.18. The van der Waals surface area contributed by atoms with Crippen LogP contribution in [0, 0.1) is 6.92 Å². The molecule has 2 nitrogen and oxygen atoms in total. The molecule has 1 aliphatic rings. The summed E-state index contributed by atoms with van der Waals surface area (Å²) in [5.41, 5.74) is 3.60. The molecule has 1 unspecified atom stereocenters. The van der Waals surface area contributed by atoms with Crippen LogP contribution in [0.4, 0.5) is 0 Å². The van der Waals surface area contributed by atoms with Gasteiger partial charge in [0.25, 0.3) is 0 Å². The van der Waals surface area contributed by atoms with Crippen molar-refractivity contribution in [1.82, 2.24) is 0 Å². The summed E-state index contributed by atoms with van der Waals surface area (Å²) in [6.45, 7) is 4.69. The standard InChI is InChI=1S/C15H20O2/c1-3-4-5-6-14-13-8-7-11(2)9-12(13)10-17-15(14)16/h7-9,14H,3-6,10H2,1-2H3. The molecule has 0 aliphatic carbocycles. The van der Waals surface area contributed by atoms with Gasteiger partial charge in [-0.2, -0.15) is 0 Å². The number of cyclic esters (lactones) is 1. The summed E-state index contributed by atoms with van der Waals surface area (Å²) in [4.78, 5) is 11.8. The molecule has 1 aromatic rings. The van der Waals surface area contributed by atoms with Gasteiger partial charge in [-0.05, 0) is 24.5 Å². The van der Waals surface area contributed by atoms with Gasteiger partial charge in [0.05, 0.1) is 5.92 Å². The van der Waals surface area contributed by atoms with Crippen molar-refractivity contribution in [3.63, 3.8) is 0 Å². The van der Waals surface area contributed by atoms with Crippen LogP contribution in [0.15, 0.2) is 18.2 Å². The third-order valence-electron chi connectivity index (χ3n) is 3.42. The normalized spacial score (nSPS) is 18.7. The summed E-state index contributed by atoms with van der Waals surface area (Å²) in [5.74, 6) is -0.0802. The number of hydrogen-bond acceptors (Lipinski definition) is 2. The molecule has 2 rings (SSSR count). The van der Waals surface area contributed by atoms with Crippen LogP contribution in [-0.4, -0.2) is 5.97 Å². The Labute approximate surface area is 103 Å². The Bertz CT molecular complexity index is 409. The number of aryl methyl sites for hydroxylation is 1. The zero-order chi connectivity index (χ0) is 12.3. The molecule has 0 spiro atoms. The zero-order valence-electron chi connectivity index (χ0n) is 10.7. The molecule has 1 atom stereocenters. The van der Waals surface area contributed by atoms with E-state index in [-0.39, 0.29) is 11.9 Å². The average molecular weight is 232 g/mol. The summed E-state index contributed by atoms with van der Waals surface area (Å²) < 4.78 is 5.26. The minimum absolute atomic E-state index is 0.0362. The number of esters is 1. The van der Waals surface area contributed by atoms with Crippen LogP contribution in [0.1, 0.15) is 55.2 Å². The molecule has 1 aromatic carbocycles. The van der Waals surface area contributed by atoms with E-state index in [2.05, 4.69) is 32.0 Å². The first kappa shape index (κ1) is 12.2. The number of carbonyl (C=O) groups excluding carboxylic acids is 1. The molecule has 2 heteroatoms. The van der Waals surface area contributed by atoms with Crippen LogP contribution in [-0.2, 0) is 16.1 Å². The number of fused-ring (bicyclic) bond motifs is 1. The summed E-state index contributed by atoms with van der Waals surface area (Å²) >= 11 is 0. The molecular formula is C15H20O2. The number of ether oxygens (including phenoxy) is 1. The van der Waals surface area contributed by atoms with Gasteiger partial charge in [0.15, 0.2) is 0 Å². The maximum absolute atomic E-state index is 11.8. The molecule has 0 radical (unpaired) electrons. The van der Waals surface area contributed by atoms with E-state index in [1.54, 1.807) is 0 Å². The van der Waals surface area contributed by atoms with Crippen LogP contribution >= 0.6 is 0 Å². The Kier molecular flexibility index (Phi) is 3.82. The highest BCUT2D eigenvalue weighted by atomic mass is 16.5. The highest BCUT2D eigenvalue weighted by Gasteiger charge is 2.28. The van der Waals surface area contributed by atoms with E-state index >= 15 is 0 Å². The Morgan fingerprint density at radius 2 is 2.18 bits per heavy atom. The zero-order valence-corrected chi connectivity index (χ0v) is 10.7. The fraction of sp³-hybridized carbons (Fsp3) is 0.533. The second-order valence-corrected chi connectivity index (χ2v) is 4.86. The Morgan fingerprint density at radius 1 is 1.35 bits per heavy atom. The van der Waals surface area contributed by atoms with Gasteiger partial charge in [-0.1, -0.05) is 49.9 Å². The van der Waals surface area contributed by atoms with Gasteiger partial charge in [-0.3, -0.25) is 4.79 Å². The molecule has 1 heterocycles. The molecule has 92 valence electrons. The van der Waals surface area contributed by atoms with Crippen molar-refractivity contribution in [2.45, 2.75) is 52.1 Å². The second kappa shape index (κ2) is 5.35. The van der Waals surface area contributed by atoms with Crippen molar-refractivity contribution in [3.8, 4) is 0 Å². The van der Waals surface area contributed by atoms with Gasteiger partial charge >= 0.3 is 5.97 Å². The third kappa shape index (κ3) is 2.68. The van der Waals surface area contributed by atoms with Gasteiger partial charge in [-0.15, -0.1) is 0 Å². The van der Waals surface area contributed by atoms with E-state index in [1.165, 1.54) is 29.5 Å². The molecule has 0 aromatic heterocycles. The Hall–Kier alpha value is -1.31. The number of carbonyl (C=O) groups is 1. The maximum atomic E-state index is 11.8. The molecule has 0 saturated carbocycles. The van der Waals surface area contributed by atoms with Crippen molar-refractivity contribution in [3.05, 3.63) is 34.9 Å². The number of rotatable bonds is 4. The fourth-order valence-electron chi connectivity index (χ4n) is 2.45. The lowest BCUT2D eigenvalue weighted by Crippen LogP contribution is -2.23. The first-order valence-corrected chi connectivity index (χ1v) is 6.48. The van der Waals surface area contributed by atoms with Crippen LogP contribution in [0.25, 0.3) is 0 Å². The number of unbranched alkanes of at least 4 members (excludes halogenated alkanes) is 2. The van der Waals surface area contributed by atoms with Crippen LogP contribution in [0.5, 0.6) is 0 Å². The molecule has 1 aliphatic heterocycles. The van der Waals surface area contributed by atoms with E-state index in [0.29, 0.717) is 6.61 Å². The van der Waals surface area contributed by atoms with E-state index in [0.717, 1.165) is 12.8 Å². The van der Waals surface area contributed by atoms with Gasteiger partial charge in [0.2, 0.25) is 0 Å². The maximum Gasteiger partial charge on any atom is 0.313 e. The van der Waals surface area contributed by atoms with Gasteiger partial charge in [0, 0.05) is 0 Å². The van der Waals surface area contributed by atoms with Gasteiger partial charge in [-0.25, -0.2) is 0 Å². The van der Waals surface area contributed by atoms with Gasteiger partial charge < -0.3 is 4.74 Å². The first-order valence-electron chi connectivity index (χ1n) is 6.48. The predicted molar refractivity (Wildman–Crippen MR) is 67.9 cm³/mol. The molecule has 17 heavy (non-hydrogen) atoms. The highest BCUT2D eigenvalue weighted by Crippen LogP contribution is 2.32. The SMILES string of the molecule is CCCCCC1C(=O)OCc2cc(C)ccc21. The van der Waals surface area contributed by atoms with Crippen LogP contribution in [0.2, 0.25) is 0 Å². The highest BCUT2D eigenvalue weighted by molar-refractivity contribution is 5.80. The molecule has 0 amide bonds. The third-order valence-corrected chi connectivity index (χ3v) is 3.42. The molecule has 0 saturated heterocycles. The second-order valence-electron chi connectivity index (χ2n) is 4.86. The Morgan fingerprint density at radius 3 is 2.94 bits per heavy atom. The van der Waals surface area contributed by atoms with Gasteiger partial charge in [0.1, 0.15) is 6.61 Å². The lowest BCUT2D eigenvalue weighted by Gasteiger charge is -2.24. The largest absolute Gasteiger partial charge is 0.460 e. The number of hydrogen-bond donors (Lipinski definition) is 0. The van der Waals surface area contributed by atoms with E-state index < -0.39 is 0 Å². The smallest absolute Gasteiger partial charge is 0.313 e. The van der Waals surface area contributed by atoms with Crippen molar-refractivity contribution in [2.24, 2.45) is 0 Å². The number of benzene rings is 1. The minimum Gasteiger partial charge on any atom is -0.460 e. The first-order chi connectivity index (χ1) is 8.22. The van der Waals surface area contributed by atoms with E-state index in [1.807, 2.05) is 0 Å². The summed E-state index contributed by atoms with van der Waals surface area (Å²) in [6.07, 6.45) is 4.39. The molecule has 0 bridgehead atoms. The topological polar surface area (TPSA) is 26.3 Å². The quantitative estimate of drug-likeness (QED) is 0.584. The summed E-state index contributed by atoms with van der Waals surface area (Å²) in [6, 6.07) is 6.32. The van der Waals surface area contributed by atoms with Crippen molar-refractivity contribution in [1.29, 1.82) is 0 Å². The molecule has 0 N–H and O–H groups in total. The minimum atomic E-state index is -0.0440. The van der Waals surface area contributed by atoms with Crippen LogP contribution in [0.3, 0.4) is 0 Å². The predicted octanol–water partition coefficient (Wildman–Crippen LogP) is 3.72. The van der Waals surface area contributed by atoms with Crippen molar-refractivity contribution < 1.29 is 9.53 Å². The molecule has 0 fully saturated rings. The van der Waals surface area contributed by atoms with Crippen LogP contribution < -0.4 is 0 Å². The lowest BCUT2D eigenvalue weighted by molar-refractivity contribution is -0.148. The summed E-state index contributed by atoms with van der Waals surface area (Å²) in [5, 5.41) is 0. The lowest BCUT2D eigenvalue weighted by atomic mass is 9.87. The fourth-order valence-corrected chi connectivity index (χ4v) is 2.45. The molecular weight excluding hydrogens is 212 g/mol.